The van der Waals surface area contributed by atoms with Gasteiger partial charge in [-0.1, -0.05) is 56.3 Å². The maximum Gasteiger partial charge on any atom is 0.313 e. The van der Waals surface area contributed by atoms with Crippen molar-refractivity contribution in [3.63, 3.8) is 0 Å². The molecule has 0 saturated heterocycles. The number of nitrogens with one attached hydrogen (secondary N) is 2. The lowest BCUT2D eigenvalue weighted by Gasteiger charge is -2.14. The van der Waals surface area contributed by atoms with Gasteiger partial charge in [0.25, 0.3) is 0 Å². The average molecular weight is 339 g/mol. The Bertz CT molecular complexity index is 734. The van der Waals surface area contributed by atoms with Gasteiger partial charge in [-0.05, 0) is 35.1 Å². The third-order valence-corrected chi connectivity index (χ3v) is 4.12. The molecule has 2 aromatic rings. The number of amides is 2. The molecule has 2 rings (SSSR count). The van der Waals surface area contributed by atoms with Gasteiger partial charge in [-0.2, -0.15) is 0 Å². The molecule has 2 aromatic carbocycles. The number of anilines is 1. The van der Waals surface area contributed by atoms with Crippen molar-refractivity contribution in [1.82, 2.24) is 5.32 Å². The van der Waals surface area contributed by atoms with E-state index >= 15 is 0 Å². The van der Waals surface area contributed by atoms with Crippen molar-refractivity contribution in [2.24, 2.45) is 5.73 Å². The molecule has 0 aliphatic heterocycles. The van der Waals surface area contributed by atoms with E-state index in [1.807, 2.05) is 56.3 Å². The zero-order valence-electron chi connectivity index (χ0n) is 14.8. The summed E-state index contributed by atoms with van der Waals surface area (Å²) in [5.74, 6) is -1.29. The first kappa shape index (κ1) is 18.7. The molecular weight excluding hydrogens is 314 g/mol. The Morgan fingerprint density at radius 1 is 0.920 bits per heavy atom. The van der Waals surface area contributed by atoms with Crippen LogP contribution in [0.4, 0.5) is 5.69 Å². The van der Waals surface area contributed by atoms with Crippen LogP contribution in [0.15, 0.2) is 42.5 Å². The summed E-state index contributed by atoms with van der Waals surface area (Å²) in [6.45, 7) is 4.77. The molecule has 0 fully saturated rings. The minimum absolute atomic E-state index is 0.288. The minimum Gasteiger partial charge on any atom is -0.344 e. The van der Waals surface area contributed by atoms with Crippen LogP contribution in [0.25, 0.3) is 0 Å². The van der Waals surface area contributed by atoms with E-state index in [-0.39, 0.29) is 6.54 Å². The highest BCUT2D eigenvalue weighted by Gasteiger charge is 2.16. The van der Waals surface area contributed by atoms with Crippen LogP contribution in [-0.4, -0.2) is 11.8 Å². The van der Waals surface area contributed by atoms with Crippen LogP contribution in [0.3, 0.4) is 0 Å². The van der Waals surface area contributed by atoms with Crippen LogP contribution >= 0.6 is 0 Å². The lowest BCUT2D eigenvalue weighted by molar-refractivity contribution is -0.136. The summed E-state index contributed by atoms with van der Waals surface area (Å²) in [5, 5.41) is 5.42. The highest BCUT2D eigenvalue weighted by molar-refractivity contribution is 6.39. The number of benzene rings is 2. The average Bonchev–Trinajstić information content (AvgIpc) is 2.66. The molecule has 2 amide bonds. The predicted molar refractivity (Wildman–Crippen MR) is 100 cm³/mol. The Kier molecular flexibility index (Phi) is 6.71. The molecule has 132 valence electrons. The smallest absolute Gasteiger partial charge is 0.313 e. The van der Waals surface area contributed by atoms with E-state index in [2.05, 4.69) is 10.6 Å². The van der Waals surface area contributed by atoms with E-state index < -0.39 is 11.8 Å². The normalized spacial score (nSPS) is 10.4. The highest BCUT2D eigenvalue weighted by Crippen LogP contribution is 2.22. The maximum absolute atomic E-state index is 12.2. The highest BCUT2D eigenvalue weighted by atomic mass is 16.2. The second-order valence-electron chi connectivity index (χ2n) is 5.82. The van der Waals surface area contributed by atoms with E-state index in [1.54, 1.807) is 0 Å². The fourth-order valence-electron chi connectivity index (χ4n) is 2.70. The van der Waals surface area contributed by atoms with Gasteiger partial charge in [0, 0.05) is 18.8 Å². The Morgan fingerprint density at radius 3 is 2.12 bits per heavy atom. The van der Waals surface area contributed by atoms with Crippen molar-refractivity contribution in [3.05, 3.63) is 64.7 Å². The summed E-state index contributed by atoms with van der Waals surface area (Å²) in [4.78, 5) is 24.4. The Hall–Kier alpha value is -2.66. The second-order valence-corrected chi connectivity index (χ2v) is 5.82. The predicted octanol–water partition coefficient (Wildman–Crippen LogP) is 2.53. The molecule has 4 N–H and O–H groups in total. The zero-order chi connectivity index (χ0) is 18.2. The maximum atomic E-state index is 12.2. The van der Waals surface area contributed by atoms with Crippen molar-refractivity contribution >= 4 is 17.5 Å². The van der Waals surface area contributed by atoms with Crippen LogP contribution in [0, 0.1) is 0 Å². The molecule has 0 radical (unpaired) electrons. The van der Waals surface area contributed by atoms with Gasteiger partial charge in [0.05, 0.1) is 0 Å². The van der Waals surface area contributed by atoms with Crippen molar-refractivity contribution in [1.29, 1.82) is 0 Å². The largest absolute Gasteiger partial charge is 0.344 e. The number of para-hydroxylation sites is 1. The molecule has 5 heteroatoms. The summed E-state index contributed by atoms with van der Waals surface area (Å²) in [6, 6.07) is 13.5. The molecule has 0 aliphatic rings. The first-order valence-corrected chi connectivity index (χ1v) is 8.56. The number of hydrogen-bond donors (Lipinski definition) is 3. The SMILES string of the molecule is CCc1cccc(CC)c1NC(=O)C(=O)NCc1cccc(CN)c1. The number of hydrogen-bond acceptors (Lipinski definition) is 3. The van der Waals surface area contributed by atoms with Crippen LogP contribution in [0.2, 0.25) is 0 Å². The van der Waals surface area contributed by atoms with Gasteiger partial charge in [-0.3, -0.25) is 9.59 Å². The Balaban J connectivity index is 2.02. The van der Waals surface area contributed by atoms with Gasteiger partial charge in [-0.15, -0.1) is 0 Å². The molecule has 0 aromatic heterocycles. The third-order valence-electron chi connectivity index (χ3n) is 4.12. The van der Waals surface area contributed by atoms with Crippen LogP contribution in [-0.2, 0) is 35.5 Å². The molecule has 0 atom stereocenters. The summed E-state index contributed by atoms with van der Waals surface area (Å²) >= 11 is 0. The van der Waals surface area contributed by atoms with Gasteiger partial charge in [-0.25, -0.2) is 0 Å². The first-order valence-electron chi connectivity index (χ1n) is 8.56. The Morgan fingerprint density at radius 2 is 1.52 bits per heavy atom. The first-order chi connectivity index (χ1) is 12.1. The molecule has 0 heterocycles. The molecule has 25 heavy (non-hydrogen) atoms. The number of rotatable bonds is 6. The van der Waals surface area contributed by atoms with E-state index in [1.165, 1.54) is 0 Å². The monoisotopic (exact) mass is 339 g/mol. The molecule has 5 nitrogen and oxygen atoms in total. The second kappa shape index (κ2) is 8.99. The van der Waals surface area contributed by atoms with E-state index in [0.717, 1.165) is 40.8 Å². The molecule has 0 aliphatic carbocycles. The molecule has 0 bridgehead atoms. The van der Waals surface area contributed by atoms with Crippen molar-refractivity contribution < 1.29 is 9.59 Å². The fourth-order valence-corrected chi connectivity index (χ4v) is 2.70. The Labute approximate surface area is 148 Å². The summed E-state index contributed by atoms with van der Waals surface area (Å²) in [5.41, 5.74) is 10.3. The molecule has 0 unspecified atom stereocenters. The van der Waals surface area contributed by atoms with Gasteiger partial charge in [0.2, 0.25) is 0 Å². The molecular formula is C20H25N3O2. The number of aryl methyl sites for hydroxylation is 2. The molecule has 0 spiro atoms. The van der Waals surface area contributed by atoms with E-state index in [0.29, 0.717) is 6.54 Å². The van der Waals surface area contributed by atoms with Crippen LogP contribution < -0.4 is 16.4 Å². The minimum atomic E-state index is -0.648. The van der Waals surface area contributed by atoms with Crippen LogP contribution in [0.5, 0.6) is 0 Å². The number of carbonyl (C=O) groups excluding carboxylic acids is 2. The van der Waals surface area contributed by atoms with Crippen molar-refractivity contribution in [3.8, 4) is 0 Å². The zero-order valence-corrected chi connectivity index (χ0v) is 14.8. The number of carbonyl (C=O) groups is 2. The van der Waals surface area contributed by atoms with Gasteiger partial charge in [0.1, 0.15) is 0 Å². The van der Waals surface area contributed by atoms with Gasteiger partial charge < -0.3 is 16.4 Å². The summed E-state index contributed by atoms with van der Waals surface area (Å²) < 4.78 is 0. The standard InChI is InChI=1S/C20H25N3O2/c1-3-16-9-6-10-17(4-2)18(16)23-20(25)19(24)22-13-15-8-5-7-14(11-15)12-21/h5-11H,3-4,12-13,21H2,1-2H3,(H,22,24)(H,23,25). The van der Waals surface area contributed by atoms with E-state index in [9.17, 15) is 9.59 Å². The van der Waals surface area contributed by atoms with Crippen molar-refractivity contribution in [2.75, 3.05) is 5.32 Å². The van der Waals surface area contributed by atoms with Crippen LogP contribution in [0.1, 0.15) is 36.1 Å². The fraction of sp³-hybridized carbons (Fsp3) is 0.300. The quantitative estimate of drug-likeness (QED) is 0.707. The van der Waals surface area contributed by atoms with E-state index in [4.69, 9.17) is 5.73 Å². The number of nitrogens with two attached hydrogens (primary N) is 1. The molecule has 0 saturated carbocycles. The summed E-state index contributed by atoms with van der Waals surface area (Å²) in [7, 11) is 0. The van der Waals surface area contributed by atoms with Gasteiger partial charge in [0.15, 0.2) is 0 Å². The lowest BCUT2D eigenvalue weighted by Crippen LogP contribution is -2.35. The summed E-state index contributed by atoms with van der Waals surface area (Å²) in [6.07, 6.45) is 1.58. The topological polar surface area (TPSA) is 84.2 Å². The van der Waals surface area contributed by atoms with Gasteiger partial charge >= 0.3 is 11.8 Å². The van der Waals surface area contributed by atoms with Crippen molar-refractivity contribution in [2.45, 2.75) is 39.8 Å². The third kappa shape index (κ3) is 4.90. The lowest BCUT2D eigenvalue weighted by atomic mass is 10.0.